The zero-order valence-corrected chi connectivity index (χ0v) is 13.4. The molecule has 0 unspecified atom stereocenters. The van der Waals surface area contributed by atoms with E-state index in [1.54, 1.807) is 24.3 Å². The molecule has 1 aliphatic rings. The zero-order chi connectivity index (χ0) is 16.6. The molecule has 0 N–H and O–H groups in total. The summed E-state index contributed by atoms with van der Waals surface area (Å²) in [5.74, 6) is 0.651. The highest BCUT2D eigenvalue weighted by Gasteiger charge is 2.30. The van der Waals surface area contributed by atoms with Crippen molar-refractivity contribution in [1.82, 2.24) is 0 Å². The summed E-state index contributed by atoms with van der Waals surface area (Å²) in [4.78, 5) is 0.180. The smallest absolute Gasteiger partial charge is 0.286 e. The lowest BCUT2D eigenvalue weighted by atomic mass is 10.1. The van der Waals surface area contributed by atoms with Gasteiger partial charge in [-0.05, 0) is 35.4 Å². The molecule has 0 radical (unpaired) electrons. The molecule has 3 aromatic carbocycles. The van der Waals surface area contributed by atoms with Gasteiger partial charge >= 0.3 is 0 Å². The average molecular weight is 335 g/mol. The lowest BCUT2D eigenvalue weighted by Crippen LogP contribution is -2.07. The van der Waals surface area contributed by atoms with Gasteiger partial charge in [0.15, 0.2) is 0 Å². The monoisotopic (exact) mass is 335 g/mol. The number of rotatable bonds is 2. The van der Waals surface area contributed by atoms with Crippen molar-refractivity contribution in [2.45, 2.75) is 4.90 Å². The normalized spacial score (nSPS) is 14.8. The Bertz CT molecular complexity index is 1040. The van der Waals surface area contributed by atoms with Crippen molar-refractivity contribution in [3.8, 4) is 16.9 Å². The van der Waals surface area contributed by atoms with Crippen LogP contribution < -0.4 is 4.74 Å². The summed E-state index contributed by atoms with van der Waals surface area (Å²) in [7, 11) is -3.67. The second kappa shape index (κ2) is 5.62. The van der Waals surface area contributed by atoms with Gasteiger partial charge in [0, 0.05) is 0 Å². The molecular formula is C19H13NO3S. The van der Waals surface area contributed by atoms with Gasteiger partial charge in [-0.15, -0.1) is 4.40 Å². The van der Waals surface area contributed by atoms with Gasteiger partial charge in [-0.3, -0.25) is 0 Å². The van der Waals surface area contributed by atoms with Crippen LogP contribution in [0, 0.1) is 0 Å². The van der Waals surface area contributed by atoms with E-state index in [2.05, 4.69) is 4.40 Å². The molecular weight excluding hydrogens is 322 g/mol. The van der Waals surface area contributed by atoms with Gasteiger partial charge < -0.3 is 4.74 Å². The highest BCUT2D eigenvalue weighted by atomic mass is 32.2. The maximum Gasteiger partial charge on any atom is 0.286 e. The fraction of sp³-hybridized carbons (Fsp3) is 0. The third-order valence-corrected chi connectivity index (χ3v) is 5.07. The van der Waals surface area contributed by atoms with Crippen LogP contribution in [0.15, 0.2) is 88.2 Å². The molecule has 118 valence electrons. The van der Waals surface area contributed by atoms with E-state index in [-0.39, 0.29) is 10.8 Å². The summed E-state index contributed by atoms with van der Waals surface area (Å²) in [6.07, 6.45) is 0. The van der Waals surface area contributed by atoms with Crippen LogP contribution in [0.2, 0.25) is 0 Å². The topological polar surface area (TPSA) is 55.7 Å². The van der Waals surface area contributed by atoms with E-state index in [1.165, 1.54) is 6.07 Å². The number of hydrogen-bond acceptors (Lipinski definition) is 3. The number of sulfonamides is 1. The van der Waals surface area contributed by atoms with Gasteiger partial charge in [-0.2, -0.15) is 8.42 Å². The SMILES string of the molecule is O=S1(=O)N=C(Oc2cccc(-c3ccccc3)c2)c2ccccc21. The predicted molar refractivity (Wildman–Crippen MR) is 92.7 cm³/mol. The Kier molecular flexibility index (Phi) is 3.43. The number of nitrogens with zero attached hydrogens (tertiary/aromatic N) is 1. The Morgan fingerprint density at radius 1 is 0.750 bits per heavy atom. The molecule has 1 heterocycles. The lowest BCUT2D eigenvalue weighted by Gasteiger charge is -2.08. The molecule has 1 aliphatic heterocycles. The van der Waals surface area contributed by atoms with Gasteiger partial charge in [-0.1, -0.05) is 54.6 Å². The maximum absolute atomic E-state index is 12.1. The van der Waals surface area contributed by atoms with Crippen molar-refractivity contribution in [1.29, 1.82) is 0 Å². The van der Waals surface area contributed by atoms with E-state index in [4.69, 9.17) is 4.74 Å². The van der Waals surface area contributed by atoms with Crippen molar-refractivity contribution in [3.63, 3.8) is 0 Å². The van der Waals surface area contributed by atoms with Crippen molar-refractivity contribution in [3.05, 3.63) is 84.4 Å². The van der Waals surface area contributed by atoms with Crippen LogP contribution in [0.25, 0.3) is 11.1 Å². The first-order chi connectivity index (χ1) is 11.6. The van der Waals surface area contributed by atoms with Crippen LogP contribution in [0.5, 0.6) is 5.75 Å². The zero-order valence-electron chi connectivity index (χ0n) is 12.6. The van der Waals surface area contributed by atoms with E-state index >= 15 is 0 Å². The Morgan fingerprint density at radius 2 is 1.46 bits per heavy atom. The summed E-state index contributed by atoms with van der Waals surface area (Å²) >= 11 is 0. The van der Waals surface area contributed by atoms with Gasteiger partial charge in [0.1, 0.15) is 10.6 Å². The summed E-state index contributed by atoms with van der Waals surface area (Å²) in [6.45, 7) is 0. The number of ether oxygens (including phenoxy) is 1. The first kappa shape index (κ1) is 14.7. The minimum absolute atomic E-state index is 0.107. The first-order valence-electron chi connectivity index (χ1n) is 7.41. The highest BCUT2D eigenvalue weighted by molar-refractivity contribution is 7.90. The molecule has 24 heavy (non-hydrogen) atoms. The molecule has 5 heteroatoms. The first-order valence-corrected chi connectivity index (χ1v) is 8.85. The highest BCUT2D eigenvalue weighted by Crippen LogP contribution is 2.29. The molecule has 0 bridgehead atoms. The van der Waals surface area contributed by atoms with Crippen LogP contribution in [0.4, 0.5) is 0 Å². The lowest BCUT2D eigenvalue weighted by molar-refractivity contribution is 0.554. The van der Waals surface area contributed by atoms with E-state index in [0.29, 0.717) is 11.3 Å². The summed E-state index contributed by atoms with van der Waals surface area (Å²) < 4.78 is 33.7. The van der Waals surface area contributed by atoms with E-state index in [0.717, 1.165) is 11.1 Å². The summed E-state index contributed by atoms with van der Waals surface area (Å²) in [6, 6.07) is 24.1. The molecule has 0 spiro atoms. The van der Waals surface area contributed by atoms with Crippen molar-refractivity contribution >= 4 is 15.9 Å². The van der Waals surface area contributed by atoms with Crippen molar-refractivity contribution < 1.29 is 13.2 Å². The van der Waals surface area contributed by atoms with Gasteiger partial charge in [-0.25, -0.2) is 0 Å². The third-order valence-electron chi connectivity index (χ3n) is 3.75. The van der Waals surface area contributed by atoms with Crippen LogP contribution in [0.1, 0.15) is 5.56 Å². The van der Waals surface area contributed by atoms with Crippen LogP contribution in [-0.2, 0) is 10.0 Å². The molecule has 0 saturated heterocycles. The quantitative estimate of drug-likeness (QED) is 0.714. The van der Waals surface area contributed by atoms with Crippen molar-refractivity contribution in [2.24, 2.45) is 4.40 Å². The minimum Gasteiger partial charge on any atom is -0.438 e. The average Bonchev–Trinajstić information content (AvgIpc) is 2.87. The second-order valence-electron chi connectivity index (χ2n) is 5.36. The minimum atomic E-state index is -3.67. The Balaban J connectivity index is 1.70. The van der Waals surface area contributed by atoms with Gasteiger partial charge in [0.25, 0.3) is 10.0 Å². The van der Waals surface area contributed by atoms with E-state index in [9.17, 15) is 8.42 Å². The maximum atomic E-state index is 12.1. The predicted octanol–water partition coefficient (Wildman–Crippen LogP) is 3.88. The molecule has 0 aromatic heterocycles. The van der Waals surface area contributed by atoms with Crippen molar-refractivity contribution in [2.75, 3.05) is 0 Å². The molecule has 0 fully saturated rings. The Labute approximate surface area is 140 Å². The molecule has 0 atom stereocenters. The van der Waals surface area contributed by atoms with Crippen LogP contribution in [-0.4, -0.2) is 14.3 Å². The van der Waals surface area contributed by atoms with Gasteiger partial charge in [0.2, 0.25) is 5.90 Å². The molecule has 3 aromatic rings. The fourth-order valence-electron chi connectivity index (χ4n) is 2.63. The largest absolute Gasteiger partial charge is 0.438 e. The molecule has 4 nitrogen and oxygen atoms in total. The Hall–Kier alpha value is -2.92. The number of hydrogen-bond donors (Lipinski definition) is 0. The summed E-state index contributed by atoms with van der Waals surface area (Å²) in [5, 5.41) is 0. The Morgan fingerprint density at radius 3 is 2.29 bits per heavy atom. The fourth-order valence-corrected chi connectivity index (χ4v) is 3.77. The van der Waals surface area contributed by atoms with Gasteiger partial charge in [0.05, 0.1) is 5.56 Å². The third kappa shape index (κ3) is 2.59. The van der Waals surface area contributed by atoms with Crippen LogP contribution >= 0.6 is 0 Å². The molecule has 0 saturated carbocycles. The second-order valence-corrected chi connectivity index (χ2v) is 6.94. The van der Waals surface area contributed by atoms with E-state index < -0.39 is 10.0 Å². The van der Waals surface area contributed by atoms with E-state index in [1.807, 2.05) is 48.5 Å². The molecule has 4 rings (SSSR count). The number of benzene rings is 3. The molecule has 0 aliphatic carbocycles. The number of fused-ring (bicyclic) bond motifs is 1. The van der Waals surface area contributed by atoms with Crippen LogP contribution in [0.3, 0.4) is 0 Å². The standard InChI is InChI=1S/C19H13NO3S/c21-24(22)18-12-5-4-11-17(18)19(20-24)23-16-10-6-9-15(13-16)14-7-2-1-3-8-14/h1-13H. The molecule has 0 amide bonds. The summed E-state index contributed by atoms with van der Waals surface area (Å²) in [5.41, 5.74) is 2.54.